The van der Waals surface area contributed by atoms with Crippen molar-refractivity contribution < 1.29 is 10.2 Å². The predicted octanol–water partition coefficient (Wildman–Crippen LogP) is 0.774. The van der Waals surface area contributed by atoms with Crippen molar-refractivity contribution in [1.82, 2.24) is 14.8 Å². The average molecular weight is 267 g/mol. The van der Waals surface area contributed by atoms with Crippen molar-refractivity contribution in [3.05, 3.63) is 34.9 Å². The number of aryl methyl sites for hydroxylation is 1. The number of pyridine rings is 1. The molecule has 3 rings (SSSR count). The van der Waals surface area contributed by atoms with Gasteiger partial charge in [0.15, 0.2) is 5.15 Å². The van der Waals surface area contributed by atoms with Crippen molar-refractivity contribution in [3.8, 4) is 5.69 Å². The first kappa shape index (κ1) is 11.5. The zero-order chi connectivity index (χ0) is 13.1. The molecule has 0 aliphatic carbocycles. The molecular weight excluding hydrogens is 256 g/mol. The Labute approximate surface area is 108 Å². The number of nitrogens with zero attached hydrogens (tertiary/aromatic N) is 4. The van der Waals surface area contributed by atoms with E-state index < -0.39 is 5.91 Å². The second kappa shape index (κ2) is 3.44. The standard InChI is InChI=1S/C11H11ClN4O2/c1-6-5-8-11(17,18)15(2)9-7(16(8)14-6)3-4-13-10(9)12/h3-5,17-18H,1-2H3. The predicted molar refractivity (Wildman–Crippen MR) is 65.6 cm³/mol. The van der Waals surface area contributed by atoms with Gasteiger partial charge in [0, 0.05) is 13.2 Å². The van der Waals surface area contributed by atoms with Gasteiger partial charge in [-0.3, -0.25) is 0 Å². The second-order valence-electron chi connectivity index (χ2n) is 4.25. The van der Waals surface area contributed by atoms with Crippen LogP contribution in [0.1, 0.15) is 11.4 Å². The Bertz CT molecular complexity index is 638. The number of aromatic nitrogens is 3. The van der Waals surface area contributed by atoms with E-state index in [9.17, 15) is 10.2 Å². The lowest BCUT2D eigenvalue weighted by atomic mass is 10.1. The van der Waals surface area contributed by atoms with E-state index in [4.69, 9.17) is 11.6 Å². The van der Waals surface area contributed by atoms with Crippen molar-refractivity contribution in [1.29, 1.82) is 0 Å². The number of hydrogen-bond donors (Lipinski definition) is 2. The molecule has 7 heteroatoms. The molecule has 18 heavy (non-hydrogen) atoms. The Morgan fingerprint density at radius 2 is 2.11 bits per heavy atom. The quantitative estimate of drug-likeness (QED) is 0.544. The van der Waals surface area contributed by atoms with E-state index in [1.54, 1.807) is 25.3 Å². The third-order valence-corrected chi connectivity index (χ3v) is 3.34. The molecule has 0 fully saturated rings. The summed E-state index contributed by atoms with van der Waals surface area (Å²) >= 11 is 6.02. The first-order valence-electron chi connectivity index (χ1n) is 5.33. The van der Waals surface area contributed by atoms with E-state index in [1.165, 1.54) is 16.6 Å². The average Bonchev–Trinajstić information content (AvgIpc) is 2.69. The molecule has 0 aromatic carbocycles. The van der Waals surface area contributed by atoms with Crippen LogP contribution in [0.5, 0.6) is 0 Å². The van der Waals surface area contributed by atoms with Crippen LogP contribution < -0.4 is 4.90 Å². The van der Waals surface area contributed by atoms with Crippen LogP contribution in [0.3, 0.4) is 0 Å². The highest BCUT2D eigenvalue weighted by molar-refractivity contribution is 6.32. The molecule has 2 aromatic rings. The minimum Gasteiger partial charge on any atom is -0.344 e. The Kier molecular flexibility index (Phi) is 2.19. The summed E-state index contributed by atoms with van der Waals surface area (Å²) in [4.78, 5) is 5.22. The topological polar surface area (TPSA) is 74.4 Å². The molecule has 3 heterocycles. The Morgan fingerprint density at radius 1 is 1.39 bits per heavy atom. The lowest BCUT2D eigenvalue weighted by molar-refractivity contribution is -0.172. The van der Waals surface area contributed by atoms with Crippen LogP contribution in [0.4, 0.5) is 5.69 Å². The third-order valence-electron chi connectivity index (χ3n) is 3.06. The fourth-order valence-electron chi connectivity index (χ4n) is 2.15. The summed E-state index contributed by atoms with van der Waals surface area (Å²) in [7, 11) is 1.54. The molecular formula is C11H11ClN4O2. The summed E-state index contributed by atoms with van der Waals surface area (Å²) in [6.45, 7) is 1.78. The molecule has 0 spiro atoms. The number of hydrogen-bond acceptors (Lipinski definition) is 5. The lowest BCUT2D eigenvalue weighted by Gasteiger charge is -2.38. The van der Waals surface area contributed by atoms with Gasteiger partial charge in [0.25, 0.3) is 5.91 Å². The molecule has 0 saturated heterocycles. The summed E-state index contributed by atoms with van der Waals surface area (Å²) in [6, 6.07) is 3.34. The monoisotopic (exact) mass is 266 g/mol. The molecule has 0 saturated carbocycles. The largest absolute Gasteiger partial charge is 0.344 e. The molecule has 94 valence electrons. The highest BCUT2D eigenvalue weighted by Gasteiger charge is 2.42. The Balaban J connectivity index is 2.40. The van der Waals surface area contributed by atoms with Crippen LogP contribution in [0.2, 0.25) is 5.15 Å². The molecule has 0 bridgehead atoms. The van der Waals surface area contributed by atoms with Crippen molar-refractivity contribution in [3.63, 3.8) is 0 Å². The Morgan fingerprint density at radius 3 is 2.83 bits per heavy atom. The fourth-order valence-corrected chi connectivity index (χ4v) is 2.43. The van der Waals surface area contributed by atoms with Gasteiger partial charge in [0.1, 0.15) is 11.4 Å². The van der Waals surface area contributed by atoms with Crippen LogP contribution >= 0.6 is 11.6 Å². The summed E-state index contributed by atoms with van der Waals surface area (Å²) in [5.41, 5.74) is 2.06. The van der Waals surface area contributed by atoms with Gasteiger partial charge < -0.3 is 15.1 Å². The van der Waals surface area contributed by atoms with E-state index in [1.807, 2.05) is 0 Å². The van der Waals surface area contributed by atoms with Gasteiger partial charge in [-0.05, 0) is 19.1 Å². The minimum atomic E-state index is -2.17. The van der Waals surface area contributed by atoms with Crippen molar-refractivity contribution in [2.45, 2.75) is 12.8 Å². The van der Waals surface area contributed by atoms with Crippen LogP contribution in [0.25, 0.3) is 5.69 Å². The van der Waals surface area contributed by atoms with E-state index >= 15 is 0 Å². The fraction of sp³-hybridized carbons (Fsp3) is 0.273. The van der Waals surface area contributed by atoms with E-state index in [0.29, 0.717) is 17.1 Å². The number of halogens is 1. The maximum atomic E-state index is 10.2. The molecule has 6 nitrogen and oxygen atoms in total. The number of rotatable bonds is 0. The minimum absolute atomic E-state index is 0.196. The number of aliphatic hydroxyl groups is 2. The van der Waals surface area contributed by atoms with Gasteiger partial charge in [0.05, 0.1) is 11.4 Å². The van der Waals surface area contributed by atoms with E-state index in [2.05, 4.69) is 10.1 Å². The number of fused-ring (bicyclic) bond motifs is 3. The van der Waals surface area contributed by atoms with Gasteiger partial charge in [-0.2, -0.15) is 5.10 Å². The highest BCUT2D eigenvalue weighted by atomic mass is 35.5. The van der Waals surface area contributed by atoms with Gasteiger partial charge in [-0.15, -0.1) is 0 Å². The van der Waals surface area contributed by atoms with E-state index in [-0.39, 0.29) is 10.8 Å². The Hall–Kier alpha value is -1.63. The molecule has 2 aromatic heterocycles. The summed E-state index contributed by atoms with van der Waals surface area (Å²) < 4.78 is 1.47. The molecule has 0 radical (unpaired) electrons. The maximum absolute atomic E-state index is 10.2. The molecule has 1 aliphatic rings. The first-order chi connectivity index (χ1) is 8.43. The van der Waals surface area contributed by atoms with Crippen LogP contribution in [0.15, 0.2) is 18.3 Å². The van der Waals surface area contributed by atoms with Crippen LogP contribution in [-0.2, 0) is 5.91 Å². The zero-order valence-corrected chi connectivity index (χ0v) is 10.5. The van der Waals surface area contributed by atoms with Gasteiger partial charge in [-0.25, -0.2) is 9.67 Å². The van der Waals surface area contributed by atoms with Crippen molar-refractivity contribution in [2.24, 2.45) is 0 Å². The third kappa shape index (κ3) is 1.30. The SMILES string of the molecule is Cc1cc2n(n1)-c1ccnc(Cl)c1N(C)C2(O)O. The van der Waals surface area contributed by atoms with Gasteiger partial charge in [-0.1, -0.05) is 11.6 Å². The van der Waals surface area contributed by atoms with Gasteiger partial charge in [0.2, 0.25) is 0 Å². The van der Waals surface area contributed by atoms with Crippen LogP contribution in [-0.4, -0.2) is 32.0 Å². The highest BCUT2D eigenvalue weighted by Crippen LogP contribution is 2.41. The lowest BCUT2D eigenvalue weighted by Crippen LogP contribution is -2.48. The molecule has 0 unspecified atom stereocenters. The maximum Gasteiger partial charge on any atom is 0.293 e. The normalized spacial score (nSPS) is 16.4. The van der Waals surface area contributed by atoms with Gasteiger partial charge >= 0.3 is 0 Å². The summed E-state index contributed by atoms with van der Waals surface area (Å²) in [6.07, 6.45) is 1.55. The van der Waals surface area contributed by atoms with Crippen molar-refractivity contribution in [2.75, 3.05) is 11.9 Å². The molecule has 0 amide bonds. The van der Waals surface area contributed by atoms with Crippen LogP contribution in [0, 0.1) is 6.92 Å². The molecule has 1 aliphatic heterocycles. The zero-order valence-electron chi connectivity index (χ0n) is 9.79. The summed E-state index contributed by atoms with van der Waals surface area (Å²) in [5.74, 6) is -2.17. The summed E-state index contributed by atoms with van der Waals surface area (Å²) in [5, 5.41) is 24.9. The molecule has 2 N–H and O–H groups in total. The number of anilines is 1. The first-order valence-corrected chi connectivity index (χ1v) is 5.71. The molecule has 0 atom stereocenters. The van der Waals surface area contributed by atoms with E-state index in [0.717, 1.165) is 0 Å². The second-order valence-corrected chi connectivity index (χ2v) is 4.60. The smallest absolute Gasteiger partial charge is 0.293 e. The van der Waals surface area contributed by atoms with Crippen molar-refractivity contribution >= 4 is 17.3 Å².